The zero-order chi connectivity index (χ0) is 12.4. The van der Waals surface area contributed by atoms with Crippen molar-refractivity contribution in [3.63, 3.8) is 0 Å². The van der Waals surface area contributed by atoms with Gasteiger partial charge in [0, 0.05) is 6.07 Å². The van der Waals surface area contributed by atoms with Crippen molar-refractivity contribution in [2.75, 3.05) is 12.4 Å². The number of fused-ring (bicyclic) bond motifs is 1. The lowest BCUT2D eigenvalue weighted by Gasteiger charge is -2.05. The lowest BCUT2D eigenvalue weighted by atomic mass is 10.2. The average Bonchev–Trinajstić information content (AvgIpc) is 2.36. The first-order valence-corrected chi connectivity index (χ1v) is 6.19. The van der Waals surface area contributed by atoms with Gasteiger partial charge in [0.15, 0.2) is 5.78 Å². The van der Waals surface area contributed by atoms with Crippen molar-refractivity contribution in [3.05, 3.63) is 29.6 Å². The fourth-order valence-electron chi connectivity index (χ4n) is 1.58. The van der Waals surface area contributed by atoms with Gasteiger partial charge in [0.05, 0.1) is 29.2 Å². The number of rotatable bonds is 3. The molecule has 1 aromatic carbocycles. The fourth-order valence-corrected chi connectivity index (χ4v) is 1.84. The summed E-state index contributed by atoms with van der Waals surface area (Å²) >= 11 is 3.14. The Morgan fingerprint density at radius 1 is 1.35 bits per heavy atom. The van der Waals surface area contributed by atoms with Crippen molar-refractivity contribution < 1.29 is 9.53 Å². The number of nitrogens with zero attached hydrogens (tertiary/aromatic N) is 2. The summed E-state index contributed by atoms with van der Waals surface area (Å²) < 4.78 is 5.12. The highest BCUT2D eigenvalue weighted by atomic mass is 79.9. The van der Waals surface area contributed by atoms with Crippen LogP contribution in [0.1, 0.15) is 16.2 Å². The van der Waals surface area contributed by atoms with Crippen LogP contribution in [-0.4, -0.2) is 28.2 Å². The molecular weight excluding hydrogens is 284 g/mol. The smallest absolute Gasteiger partial charge is 0.193 e. The molecule has 0 aliphatic heterocycles. The molecular formula is C12H11BrN2O2. The summed E-state index contributed by atoms with van der Waals surface area (Å²) in [6.07, 6.45) is 0. The van der Waals surface area contributed by atoms with Crippen LogP contribution < -0.4 is 4.74 Å². The van der Waals surface area contributed by atoms with Gasteiger partial charge in [-0.1, -0.05) is 15.9 Å². The van der Waals surface area contributed by atoms with E-state index in [1.54, 1.807) is 20.1 Å². The highest BCUT2D eigenvalue weighted by Crippen LogP contribution is 2.19. The first kappa shape index (κ1) is 12.0. The van der Waals surface area contributed by atoms with Gasteiger partial charge in [-0.3, -0.25) is 4.79 Å². The molecule has 0 unspecified atom stereocenters. The van der Waals surface area contributed by atoms with Crippen molar-refractivity contribution in [2.24, 2.45) is 0 Å². The molecule has 88 valence electrons. The van der Waals surface area contributed by atoms with Crippen molar-refractivity contribution in [3.8, 4) is 5.75 Å². The number of carbonyl (C=O) groups is 1. The topological polar surface area (TPSA) is 52.1 Å². The molecule has 0 saturated carbocycles. The monoisotopic (exact) mass is 294 g/mol. The number of carbonyl (C=O) groups excluding carboxylic acids is 1. The highest BCUT2D eigenvalue weighted by molar-refractivity contribution is 9.09. The maximum absolute atomic E-state index is 11.7. The van der Waals surface area contributed by atoms with E-state index in [0.717, 1.165) is 5.52 Å². The van der Waals surface area contributed by atoms with Crippen LogP contribution in [0.15, 0.2) is 18.2 Å². The quantitative estimate of drug-likeness (QED) is 0.645. The van der Waals surface area contributed by atoms with Gasteiger partial charge in [-0.2, -0.15) is 0 Å². The van der Waals surface area contributed by atoms with Crippen LogP contribution in [-0.2, 0) is 0 Å². The minimum atomic E-state index is -0.0697. The normalized spacial score (nSPS) is 10.5. The fraction of sp³-hybridized carbons (Fsp3) is 0.250. The molecule has 0 aliphatic carbocycles. The van der Waals surface area contributed by atoms with E-state index in [-0.39, 0.29) is 11.1 Å². The Balaban J connectivity index is 2.64. The predicted octanol–water partition coefficient (Wildman–Crippen LogP) is 2.52. The number of Topliss-reactive ketones (excluding diaryl/α,β-unsaturated/α-hetero) is 1. The third-order valence-electron chi connectivity index (χ3n) is 2.43. The van der Waals surface area contributed by atoms with Gasteiger partial charge in [0.1, 0.15) is 11.4 Å². The van der Waals surface area contributed by atoms with Crippen LogP contribution in [0.4, 0.5) is 0 Å². The molecule has 0 aliphatic rings. The van der Waals surface area contributed by atoms with E-state index in [4.69, 9.17) is 4.74 Å². The molecule has 0 fully saturated rings. The molecule has 4 nitrogen and oxygen atoms in total. The Morgan fingerprint density at radius 3 is 2.76 bits per heavy atom. The predicted molar refractivity (Wildman–Crippen MR) is 69.0 cm³/mol. The summed E-state index contributed by atoms with van der Waals surface area (Å²) in [7, 11) is 1.59. The number of ether oxygens (including phenoxy) is 1. The Bertz CT molecular complexity index is 584. The van der Waals surface area contributed by atoms with E-state index in [2.05, 4.69) is 25.9 Å². The van der Waals surface area contributed by atoms with E-state index in [1.165, 1.54) is 0 Å². The number of hydrogen-bond acceptors (Lipinski definition) is 4. The van der Waals surface area contributed by atoms with E-state index in [9.17, 15) is 4.79 Å². The zero-order valence-electron chi connectivity index (χ0n) is 9.53. The van der Waals surface area contributed by atoms with Crippen molar-refractivity contribution in [1.82, 2.24) is 9.97 Å². The molecule has 0 amide bonds. The van der Waals surface area contributed by atoms with E-state index >= 15 is 0 Å². The number of alkyl halides is 1. The number of hydrogen-bond donors (Lipinski definition) is 0. The van der Waals surface area contributed by atoms with Crippen molar-refractivity contribution >= 4 is 32.7 Å². The Kier molecular flexibility index (Phi) is 3.38. The summed E-state index contributed by atoms with van der Waals surface area (Å²) in [4.78, 5) is 20.3. The van der Waals surface area contributed by atoms with Crippen LogP contribution in [0.5, 0.6) is 5.75 Å². The van der Waals surface area contributed by atoms with Crippen molar-refractivity contribution in [1.29, 1.82) is 0 Å². The van der Waals surface area contributed by atoms with Crippen LogP contribution in [0.2, 0.25) is 0 Å². The molecule has 0 N–H and O–H groups in total. The average molecular weight is 295 g/mol. The molecule has 5 heteroatoms. The summed E-state index contributed by atoms with van der Waals surface area (Å²) in [6.45, 7) is 1.78. The van der Waals surface area contributed by atoms with Gasteiger partial charge in [-0.25, -0.2) is 9.97 Å². The summed E-state index contributed by atoms with van der Waals surface area (Å²) in [6, 6.07) is 5.42. The van der Waals surface area contributed by atoms with Gasteiger partial charge in [0.25, 0.3) is 0 Å². The van der Waals surface area contributed by atoms with E-state index in [0.29, 0.717) is 22.7 Å². The SMILES string of the molecule is COc1ccc2nc(C)c(C(=O)CBr)nc2c1. The third-order valence-corrected chi connectivity index (χ3v) is 2.94. The second kappa shape index (κ2) is 4.79. The van der Waals surface area contributed by atoms with Gasteiger partial charge in [-0.15, -0.1) is 0 Å². The summed E-state index contributed by atoms with van der Waals surface area (Å²) in [5.41, 5.74) is 2.48. The second-order valence-corrected chi connectivity index (χ2v) is 4.13. The van der Waals surface area contributed by atoms with Crippen LogP contribution in [0.25, 0.3) is 11.0 Å². The molecule has 2 rings (SSSR count). The number of benzene rings is 1. The van der Waals surface area contributed by atoms with Gasteiger partial charge < -0.3 is 4.74 Å². The zero-order valence-corrected chi connectivity index (χ0v) is 11.1. The maximum atomic E-state index is 11.7. The van der Waals surface area contributed by atoms with E-state index < -0.39 is 0 Å². The third kappa shape index (κ3) is 2.29. The minimum Gasteiger partial charge on any atom is -0.497 e. The molecule has 0 saturated heterocycles. The molecule has 1 heterocycles. The Labute approximate surface area is 107 Å². The van der Waals surface area contributed by atoms with Gasteiger partial charge in [0.2, 0.25) is 0 Å². The maximum Gasteiger partial charge on any atom is 0.193 e. The molecule has 1 aromatic heterocycles. The molecule has 0 spiro atoms. The van der Waals surface area contributed by atoms with Crippen molar-refractivity contribution in [2.45, 2.75) is 6.92 Å². The first-order chi connectivity index (χ1) is 8.15. The largest absolute Gasteiger partial charge is 0.497 e. The lowest BCUT2D eigenvalue weighted by Crippen LogP contribution is -2.08. The number of aryl methyl sites for hydroxylation is 1. The number of methoxy groups -OCH3 is 1. The molecule has 0 radical (unpaired) electrons. The van der Waals surface area contributed by atoms with E-state index in [1.807, 2.05) is 12.1 Å². The number of ketones is 1. The lowest BCUT2D eigenvalue weighted by molar-refractivity contribution is 0.101. The van der Waals surface area contributed by atoms with Gasteiger partial charge >= 0.3 is 0 Å². The standard InChI is InChI=1S/C12H11BrN2O2/c1-7-12(11(16)6-13)15-10-5-8(17-2)3-4-9(10)14-7/h3-5H,6H2,1-2H3. The Morgan fingerprint density at radius 2 is 2.12 bits per heavy atom. The number of halogens is 1. The molecule has 17 heavy (non-hydrogen) atoms. The highest BCUT2D eigenvalue weighted by Gasteiger charge is 2.12. The van der Waals surface area contributed by atoms with Crippen LogP contribution >= 0.6 is 15.9 Å². The minimum absolute atomic E-state index is 0.0697. The van der Waals surface area contributed by atoms with Crippen LogP contribution in [0.3, 0.4) is 0 Å². The summed E-state index contributed by atoms with van der Waals surface area (Å²) in [5, 5.41) is 0.248. The summed E-state index contributed by atoms with van der Waals surface area (Å²) in [5.74, 6) is 0.632. The first-order valence-electron chi connectivity index (χ1n) is 5.07. The molecule has 2 aromatic rings. The second-order valence-electron chi connectivity index (χ2n) is 3.57. The Hall–Kier alpha value is -1.49. The molecule has 0 bridgehead atoms. The number of aromatic nitrogens is 2. The van der Waals surface area contributed by atoms with Gasteiger partial charge in [-0.05, 0) is 19.1 Å². The van der Waals surface area contributed by atoms with Crippen LogP contribution in [0, 0.1) is 6.92 Å². The molecule has 0 atom stereocenters.